The predicted octanol–water partition coefficient (Wildman–Crippen LogP) is 2.74. The summed E-state index contributed by atoms with van der Waals surface area (Å²) in [6.07, 6.45) is 0. The fraction of sp³-hybridized carbons (Fsp3) is 0.125. The molecule has 1 heterocycles. The maximum absolute atomic E-state index is 8.89. The minimum absolute atomic E-state index is 0.0376. The molecule has 1 N–H and O–H groups in total. The molecule has 0 spiro atoms. The lowest BCUT2D eigenvalue weighted by Crippen LogP contribution is -2.01. The number of rotatable bonds is 4. The Labute approximate surface area is 121 Å². The number of hydrogen-bond donors (Lipinski definition) is 1. The zero-order valence-electron chi connectivity index (χ0n) is 11.1. The molecule has 3 aromatic rings. The van der Waals surface area contributed by atoms with Gasteiger partial charge < -0.3 is 14.3 Å². The van der Waals surface area contributed by atoms with Crippen molar-refractivity contribution in [3.8, 4) is 23.3 Å². The number of benzene rings is 2. The highest BCUT2D eigenvalue weighted by atomic mass is 16.5. The van der Waals surface area contributed by atoms with Crippen LogP contribution in [0.3, 0.4) is 0 Å². The summed E-state index contributed by atoms with van der Waals surface area (Å²) in [5, 5.41) is 17.7. The summed E-state index contributed by atoms with van der Waals surface area (Å²) in [4.78, 5) is 4.39. The maximum atomic E-state index is 8.89. The van der Waals surface area contributed by atoms with E-state index in [1.54, 1.807) is 30.3 Å². The van der Waals surface area contributed by atoms with Crippen LogP contribution in [0.1, 0.15) is 5.56 Å². The Hall–Kier alpha value is -2.84. The highest BCUT2D eigenvalue weighted by Crippen LogP contribution is 2.27. The van der Waals surface area contributed by atoms with Gasteiger partial charge in [0.05, 0.1) is 18.2 Å². The Balaban J connectivity index is 1.98. The first-order valence-corrected chi connectivity index (χ1v) is 6.45. The number of fused-ring (bicyclic) bond motifs is 1. The molecule has 0 radical (unpaired) electrons. The summed E-state index contributed by atoms with van der Waals surface area (Å²) in [5.74, 6) is 1.11. The molecule has 0 atom stereocenters. The summed E-state index contributed by atoms with van der Waals surface area (Å²) in [6.45, 7) is 0.201. The van der Waals surface area contributed by atoms with Crippen LogP contribution in [-0.2, 0) is 0 Å². The molecule has 0 fully saturated rings. The van der Waals surface area contributed by atoms with Gasteiger partial charge in [0.15, 0.2) is 5.58 Å². The van der Waals surface area contributed by atoms with Gasteiger partial charge in [-0.25, -0.2) is 4.98 Å². The van der Waals surface area contributed by atoms with E-state index >= 15 is 0 Å². The molecule has 0 saturated heterocycles. The first kappa shape index (κ1) is 13.2. The average Bonchev–Trinajstić information content (AvgIpc) is 2.96. The second-order valence-corrected chi connectivity index (χ2v) is 4.41. The van der Waals surface area contributed by atoms with Crippen molar-refractivity contribution in [3.05, 3.63) is 48.0 Å². The Morgan fingerprint density at radius 3 is 2.95 bits per heavy atom. The fourth-order valence-electron chi connectivity index (χ4n) is 2.00. The molecule has 21 heavy (non-hydrogen) atoms. The van der Waals surface area contributed by atoms with E-state index in [9.17, 15) is 0 Å². The third-order valence-corrected chi connectivity index (χ3v) is 2.96. The lowest BCUT2D eigenvalue weighted by Gasteiger charge is -2.04. The number of aliphatic hydroxyl groups excluding tert-OH is 1. The summed E-state index contributed by atoms with van der Waals surface area (Å²) in [5.41, 5.74) is 2.60. The quantitative estimate of drug-likeness (QED) is 0.794. The molecule has 0 aliphatic rings. The monoisotopic (exact) mass is 280 g/mol. The lowest BCUT2D eigenvalue weighted by molar-refractivity contribution is 0.201. The molecule has 0 bridgehead atoms. The molecular weight excluding hydrogens is 268 g/mol. The predicted molar refractivity (Wildman–Crippen MR) is 76.7 cm³/mol. The number of aliphatic hydroxyl groups is 1. The third-order valence-electron chi connectivity index (χ3n) is 2.96. The smallest absolute Gasteiger partial charge is 0.227 e. The number of nitrogens with zero attached hydrogens (tertiary/aromatic N) is 2. The lowest BCUT2D eigenvalue weighted by atomic mass is 10.2. The van der Waals surface area contributed by atoms with Crippen LogP contribution in [0.15, 0.2) is 46.9 Å². The fourth-order valence-corrected chi connectivity index (χ4v) is 2.00. The van der Waals surface area contributed by atoms with Crippen molar-refractivity contribution in [1.82, 2.24) is 4.98 Å². The van der Waals surface area contributed by atoms with Crippen LogP contribution in [0.4, 0.5) is 0 Å². The van der Waals surface area contributed by atoms with Crippen LogP contribution in [0, 0.1) is 11.3 Å². The Morgan fingerprint density at radius 1 is 1.24 bits per heavy atom. The molecular formula is C16H12N2O3. The second-order valence-electron chi connectivity index (χ2n) is 4.41. The van der Waals surface area contributed by atoms with E-state index in [2.05, 4.69) is 11.1 Å². The number of hydrogen-bond acceptors (Lipinski definition) is 5. The van der Waals surface area contributed by atoms with Crippen molar-refractivity contribution >= 4 is 11.1 Å². The van der Waals surface area contributed by atoms with E-state index in [4.69, 9.17) is 19.5 Å². The molecule has 104 valence electrons. The van der Waals surface area contributed by atoms with Crippen LogP contribution in [-0.4, -0.2) is 23.3 Å². The zero-order valence-corrected chi connectivity index (χ0v) is 11.1. The van der Waals surface area contributed by atoms with Crippen LogP contribution < -0.4 is 4.74 Å². The van der Waals surface area contributed by atoms with Crippen molar-refractivity contribution in [2.24, 2.45) is 0 Å². The van der Waals surface area contributed by atoms with E-state index in [1.165, 1.54) is 0 Å². The van der Waals surface area contributed by atoms with E-state index in [0.717, 1.165) is 5.56 Å². The van der Waals surface area contributed by atoms with Gasteiger partial charge in [0.2, 0.25) is 5.89 Å². The zero-order chi connectivity index (χ0) is 14.7. The summed E-state index contributed by atoms with van der Waals surface area (Å²) in [6, 6.07) is 14.5. The molecule has 5 heteroatoms. The molecule has 0 saturated carbocycles. The first-order chi connectivity index (χ1) is 10.3. The maximum Gasteiger partial charge on any atom is 0.227 e. The molecule has 0 aliphatic heterocycles. The molecule has 2 aromatic carbocycles. The van der Waals surface area contributed by atoms with Crippen molar-refractivity contribution < 1.29 is 14.3 Å². The van der Waals surface area contributed by atoms with Gasteiger partial charge >= 0.3 is 0 Å². The van der Waals surface area contributed by atoms with E-state index in [1.807, 2.05) is 12.1 Å². The number of ether oxygens (including phenoxy) is 1. The SMILES string of the molecule is N#Cc1ccc2oc(-c3cccc(OCCO)c3)nc2c1. The standard InChI is InChI=1S/C16H12N2O3/c17-10-11-4-5-15-14(8-11)18-16(21-15)12-2-1-3-13(9-12)20-7-6-19/h1-5,8-9,19H,6-7H2. The summed E-state index contributed by atoms with van der Waals surface area (Å²) < 4.78 is 11.1. The van der Waals surface area contributed by atoms with Crippen molar-refractivity contribution in [3.63, 3.8) is 0 Å². The van der Waals surface area contributed by atoms with Gasteiger partial charge in [-0.1, -0.05) is 6.07 Å². The van der Waals surface area contributed by atoms with Crippen molar-refractivity contribution in [2.75, 3.05) is 13.2 Å². The average molecular weight is 280 g/mol. The number of nitriles is 1. The summed E-state index contributed by atoms with van der Waals surface area (Å²) in [7, 11) is 0. The van der Waals surface area contributed by atoms with Crippen LogP contribution >= 0.6 is 0 Å². The van der Waals surface area contributed by atoms with E-state index in [0.29, 0.717) is 28.3 Å². The Kier molecular flexibility index (Phi) is 3.54. The third kappa shape index (κ3) is 2.71. The molecule has 0 unspecified atom stereocenters. The highest BCUT2D eigenvalue weighted by molar-refractivity contribution is 5.77. The number of aromatic nitrogens is 1. The minimum atomic E-state index is -0.0376. The molecule has 5 nitrogen and oxygen atoms in total. The topological polar surface area (TPSA) is 79.3 Å². The Morgan fingerprint density at radius 2 is 2.14 bits per heavy atom. The largest absolute Gasteiger partial charge is 0.491 e. The van der Waals surface area contributed by atoms with Gasteiger partial charge in [0, 0.05) is 5.56 Å². The highest BCUT2D eigenvalue weighted by Gasteiger charge is 2.09. The second kappa shape index (κ2) is 5.65. The van der Waals surface area contributed by atoms with Gasteiger partial charge in [0.1, 0.15) is 17.9 Å². The van der Waals surface area contributed by atoms with Crippen molar-refractivity contribution in [2.45, 2.75) is 0 Å². The summed E-state index contributed by atoms with van der Waals surface area (Å²) >= 11 is 0. The molecule has 3 rings (SSSR count). The van der Waals surface area contributed by atoms with Crippen LogP contribution in [0.25, 0.3) is 22.6 Å². The van der Waals surface area contributed by atoms with Crippen LogP contribution in [0.5, 0.6) is 5.75 Å². The van der Waals surface area contributed by atoms with Gasteiger partial charge in [-0.2, -0.15) is 5.26 Å². The molecule has 0 amide bonds. The van der Waals surface area contributed by atoms with E-state index < -0.39 is 0 Å². The van der Waals surface area contributed by atoms with Gasteiger partial charge in [-0.3, -0.25) is 0 Å². The van der Waals surface area contributed by atoms with Gasteiger partial charge in [-0.15, -0.1) is 0 Å². The normalized spacial score (nSPS) is 10.5. The van der Waals surface area contributed by atoms with E-state index in [-0.39, 0.29) is 13.2 Å². The van der Waals surface area contributed by atoms with Gasteiger partial charge in [-0.05, 0) is 36.4 Å². The van der Waals surface area contributed by atoms with Crippen LogP contribution in [0.2, 0.25) is 0 Å². The number of oxazole rings is 1. The molecule has 1 aromatic heterocycles. The first-order valence-electron chi connectivity index (χ1n) is 6.45. The minimum Gasteiger partial charge on any atom is -0.491 e. The van der Waals surface area contributed by atoms with Gasteiger partial charge in [0.25, 0.3) is 0 Å². The Bertz CT molecular complexity index is 818. The van der Waals surface area contributed by atoms with Crippen molar-refractivity contribution in [1.29, 1.82) is 5.26 Å². The molecule has 0 aliphatic carbocycles.